The lowest BCUT2D eigenvalue weighted by Crippen LogP contribution is -2.48. The molecule has 29 heavy (non-hydrogen) atoms. The molecule has 0 aliphatic rings. The first kappa shape index (κ1) is 27.5. The van der Waals surface area contributed by atoms with Gasteiger partial charge >= 0.3 is 11.9 Å². The van der Waals surface area contributed by atoms with Gasteiger partial charge in [0.1, 0.15) is 0 Å². The fraction of sp³-hybridized carbons (Fsp3) is 0.727. The number of aliphatic hydroxyl groups is 4. The van der Waals surface area contributed by atoms with Gasteiger partial charge in [0.2, 0.25) is 11.2 Å². The van der Waals surface area contributed by atoms with Crippen molar-refractivity contribution in [2.75, 3.05) is 13.2 Å². The lowest BCUT2D eigenvalue weighted by molar-refractivity contribution is -0.182. The molecule has 0 saturated heterocycles. The van der Waals surface area contributed by atoms with Crippen LogP contribution in [0.4, 0.5) is 0 Å². The first-order valence-electron chi connectivity index (χ1n) is 10.6. The Morgan fingerprint density at radius 1 is 0.724 bits per heavy atom. The second-order valence-electron chi connectivity index (χ2n) is 7.35. The Labute approximate surface area is 174 Å². The monoisotopic (exact) mass is 414 g/mol. The normalized spacial score (nSPS) is 16.1. The fourth-order valence-electron chi connectivity index (χ4n) is 2.57. The van der Waals surface area contributed by atoms with E-state index in [0.717, 1.165) is 63.5 Å². The molecule has 0 rings (SSSR count). The van der Waals surface area contributed by atoms with Crippen molar-refractivity contribution >= 4 is 11.9 Å². The number of hydrogen-bond donors (Lipinski definition) is 4. The molecule has 0 amide bonds. The summed E-state index contributed by atoms with van der Waals surface area (Å²) in [5.41, 5.74) is -4.78. The summed E-state index contributed by atoms with van der Waals surface area (Å²) in [5, 5.41) is 39.2. The topological polar surface area (TPSA) is 124 Å². The minimum absolute atomic E-state index is 0.602. The number of ether oxygens (including phenoxy) is 1. The van der Waals surface area contributed by atoms with Crippen LogP contribution in [0, 0.1) is 0 Å². The molecule has 168 valence electrons. The predicted molar refractivity (Wildman–Crippen MR) is 111 cm³/mol. The summed E-state index contributed by atoms with van der Waals surface area (Å²) in [6.45, 7) is 2.22. The molecule has 0 saturated carbocycles. The molecule has 0 radical (unpaired) electrons. The summed E-state index contributed by atoms with van der Waals surface area (Å²) in [6.07, 6.45) is 14.6. The number of rotatable bonds is 16. The third-order valence-corrected chi connectivity index (χ3v) is 4.61. The van der Waals surface area contributed by atoms with Crippen molar-refractivity contribution < 1.29 is 34.8 Å². The number of aliphatic hydroxyl groups excluding tert-OH is 2. The summed E-state index contributed by atoms with van der Waals surface area (Å²) in [6, 6.07) is 0. The van der Waals surface area contributed by atoms with Crippen LogP contribution in [0.2, 0.25) is 0 Å². The molecule has 0 bridgehead atoms. The van der Waals surface area contributed by atoms with E-state index in [4.69, 9.17) is 0 Å². The molecule has 4 N–H and O–H groups in total. The van der Waals surface area contributed by atoms with Gasteiger partial charge in [0.05, 0.1) is 13.2 Å². The van der Waals surface area contributed by atoms with Crippen molar-refractivity contribution in [3.8, 4) is 0 Å². The molecular weight excluding hydrogens is 376 g/mol. The largest absolute Gasteiger partial charge is 0.392 e. The third kappa shape index (κ3) is 10.7. The minimum atomic E-state index is -2.39. The van der Waals surface area contributed by atoms with Gasteiger partial charge in [0, 0.05) is 0 Å². The minimum Gasteiger partial charge on any atom is -0.392 e. The molecule has 2 atom stereocenters. The summed E-state index contributed by atoms with van der Waals surface area (Å²) in [4.78, 5) is 24.3. The van der Waals surface area contributed by atoms with E-state index in [1.165, 1.54) is 0 Å². The Balaban J connectivity index is 4.81. The molecule has 0 aliphatic carbocycles. The molecular formula is C22H38O7. The maximum atomic E-state index is 12.2. The first-order valence-corrected chi connectivity index (χ1v) is 10.6. The van der Waals surface area contributed by atoms with Crippen molar-refractivity contribution in [3.05, 3.63) is 24.3 Å². The zero-order chi connectivity index (χ0) is 22.2. The van der Waals surface area contributed by atoms with Crippen molar-refractivity contribution in [1.29, 1.82) is 0 Å². The van der Waals surface area contributed by atoms with Gasteiger partial charge in [-0.2, -0.15) is 0 Å². The molecule has 7 heteroatoms. The van der Waals surface area contributed by atoms with Crippen LogP contribution in [0.5, 0.6) is 0 Å². The van der Waals surface area contributed by atoms with Gasteiger partial charge in [-0.25, -0.2) is 9.59 Å². The average molecular weight is 415 g/mol. The maximum Gasteiger partial charge on any atom is 0.352 e. The van der Waals surface area contributed by atoms with E-state index in [9.17, 15) is 30.0 Å². The number of esters is 2. The van der Waals surface area contributed by atoms with Crippen molar-refractivity contribution in [1.82, 2.24) is 0 Å². The Bertz CT molecular complexity index is 483. The SMILES string of the molecule is CCCCCCC=CC(O)(CO)C(=O)OC(=O)C(O)(C=CCCCCCC)CO. The van der Waals surface area contributed by atoms with E-state index >= 15 is 0 Å². The Morgan fingerprint density at radius 3 is 1.41 bits per heavy atom. The standard InChI is InChI=1S/C22H38O7/c1-3-5-7-9-11-13-15-21(27,17-23)19(25)29-20(26)22(28,18-24)16-14-12-10-8-6-4-2/h13-16,23-24,27-28H,3-12,17-18H2,1-2H3. The van der Waals surface area contributed by atoms with Crippen LogP contribution in [-0.2, 0) is 14.3 Å². The van der Waals surface area contributed by atoms with Crippen LogP contribution in [-0.4, -0.2) is 56.8 Å². The molecule has 0 aromatic carbocycles. The van der Waals surface area contributed by atoms with Crippen LogP contribution in [0.15, 0.2) is 24.3 Å². The Kier molecular flexibility index (Phi) is 14.5. The van der Waals surface area contributed by atoms with Crippen molar-refractivity contribution in [2.45, 2.75) is 89.3 Å². The van der Waals surface area contributed by atoms with Gasteiger partial charge in [0.25, 0.3) is 0 Å². The zero-order valence-electron chi connectivity index (χ0n) is 17.8. The predicted octanol–water partition coefficient (Wildman–Crippen LogP) is 2.56. The molecule has 0 aromatic rings. The van der Waals surface area contributed by atoms with Crippen LogP contribution in [0.25, 0.3) is 0 Å². The number of carbonyl (C=O) groups excluding carboxylic acids is 2. The second kappa shape index (κ2) is 15.3. The summed E-state index contributed by atoms with van der Waals surface area (Å²) >= 11 is 0. The number of unbranched alkanes of at least 4 members (excludes halogenated alkanes) is 8. The summed E-state index contributed by atoms with van der Waals surface area (Å²) in [5.74, 6) is -2.81. The highest BCUT2D eigenvalue weighted by Gasteiger charge is 2.41. The quantitative estimate of drug-likeness (QED) is 0.132. The smallest absolute Gasteiger partial charge is 0.352 e. The van der Waals surface area contributed by atoms with E-state index in [2.05, 4.69) is 18.6 Å². The lowest BCUT2D eigenvalue weighted by Gasteiger charge is -2.23. The third-order valence-electron chi connectivity index (χ3n) is 4.61. The summed E-state index contributed by atoms with van der Waals surface area (Å²) < 4.78 is 4.55. The van der Waals surface area contributed by atoms with Crippen LogP contribution >= 0.6 is 0 Å². The molecule has 0 aromatic heterocycles. The van der Waals surface area contributed by atoms with E-state index in [1.54, 1.807) is 12.2 Å². The molecule has 2 unspecified atom stereocenters. The highest BCUT2D eigenvalue weighted by molar-refractivity contribution is 5.95. The van der Waals surface area contributed by atoms with Gasteiger partial charge in [-0.3, -0.25) is 0 Å². The van der Waals surface area contributed by atoms with Gasteiger partial charge in [-0.1, -0.05) is 64.5 Å². The summed E-state index contributed by atoms with van der Waals surface area (Å²) in [7, 11) is 0. The molecule has 0 spiro atoms. The van der Waals surface area contributed by atoms with Crippen LogP contribution in [0.1, 0.15) is 78.1 Å². The van der Waals surface area contributed by atoms with E-state index in [0.29, 0.717) is 12.8 Å². The molecule has 7 nitrogen and oxygen atoms in total. The van der Waals surface area contributed by atoms with Gasteiger partial charge in [-0.15, -0.1) is 0 Å². The Hall–Kier alpha value is -1.54. The fourth-order valence-corrected chi connectivity index (χ4v) is 2.57. The van der Waals surface area contributed by atoms with E-state index in [1.807, 2.05) is 0 Å². The van der Waals surface area contributed by atoms with E-state index in [-0.39, 0.29) is 0 Å². The van der Waals surface area contributed by atoms with Crippen molar-refractivity contribution in [2.24, 2.45) is 0 Å². The average Bonchev–Trinajstić information content (AvgIpc) is 2.72. The molecule has 0 aliphatic heterocycles. The number of allylic oxidation sites excluding steroid dienone is 2. The first-order chi connectivity index (χ1) is 13.8. The highest BCUT2D eigenvalue weighted by atomic mass is 16.6. The van der Waals surface area contributed by atoms with Crippen LogP contribution in [0.3, 0.4) is 0 Å². The molecule has 0 fully saturated rings. The van der Waals surface area contributed by atoms with Crippen LogP contribution < -0.4 is 0 Å². The van der Waals surface area contributed by atoms with Gasteiger partial charge in [-0.05, 0) is 37.8 Å². The second-order valence-corrected chi connectivity index (χ2v) is 7.35. The van der Waals surface area contributed by atoms with Gasteiger partial charge < -0.3 is 25.2 Å². The Morgan fingerprint density at radius 2 is 1.10 bits per heavy atom. The number of carbonyl (C=O) groups is 2. The highest BCUT2D eigenvalue weighted by Crippen LogP contribution is 2.16. The van der Waals surface area contributed by atoms with Crippen molar-refractivity contribution in [3.63, 3.8) is 0 Å². The zero-order valence-corrected chi connectivity index (χ0v) is 17.8. The maximum absolute atomic E-state index is 12.2. The van der Waals surface area contributed by atoms with E-state index < -0.39 is 36.4 Å². The van der Waals surface area contributed by atoms with Gasteiger partial charge in [0.15, 0.2) is 0 Å². The molecule has 0 heterocycles. The lowest BCUT2D eigenvalue weighted by atomic mass is 10.0. The number of hydrogen-bond acceptors (Lipinski definition) is 7.